The van der Waals surface area contributed by atoms with E-state index >= 15 is 0 Å². The molecule has 2 atom stereocenters. The Morgan fingerprint density at radius 1 is 1.47 bits per heavy atom. The van der Waals surface area contributed by atoms with Crippen LogP contribution in [0.2, 0.25) is 0 Å². The lowest BCUT2D eigenvalue weighted by molar-refractivity contribution is 0.129. The fourth-order valence-electron chi connectivity index (χ4n) is 2.12. The largest absolute Gasteiger partial charge is 0.389 e. The van der Waals surface area contributed by atoms with Crippen molar-refractivity contribution in [2.45, 2.75) is 31.8 Å². The van der Waals surface area contributed by atoms with Gasteiger partial charge in [0.2, 0.25) is 0 Å². The number of hydrogen-bond donors (Lipinski definition) is 1. The number of benzene rings is 1. The molecule has 1 aliphatic carbocycles. The van der Waals surface area contributed by atoms with Gasteiger partial charge in [-0.25, -0.2) is 8.78 Å². The van der Waals surface area contributed by atoms with E-state index in [-0.39, 0.29) is 17.9 Å². The van der Waals surface area contributed by atoms with Gasteiger partial charge in [0.05, 0.1) is 5.60 Å². The highest BCUT2D eigenvalue weighted by atomic mass is 19.2. The Morgan fingerprint density at radius 3 is 2.80 bits per heavy atom. The smallest absolute Gasteiger partial charge is 0.162 e. The van der Waals surface area contributed by atoms with E-state index in [0.717, 1.165) is 12.5 Å². The van der Waals surface area contributed by atoms with Crippen LogP contribution in [0.1, 0.15) is 25.3 Å². The molecule has 2 rings (SSSR count). The van der Waals surface area contributed by atoms with Crippen molar-refractivity contribution in [2.24, 2.45) is 5.92 Å². The van der Waals surface area contributed by atoms with Crippen LogP contribution in [-0.4, -0.2) is 10.7 Å². The molecular formula is C12H14F2O. The maximum atomic E-state index is 13.3. The Balaban J connectivity index is 2.16. The van der Waals surface area contributed by atoms with E-state index in [4.69, 9.17) is 0 Å². The fourth-order valence-corrected chi connectivity index (χ4v) is 2.12. The van der Waals surface area contributed by atoms with E-state index in [1.807, 2.05) is 6.92 Å². The molecule has 1 aromatic rings. The second kappa shape index (κ2) is 3.56. The van der Waals surface area contributed by atoms with Gasteiger partial charge in [0, 0.05) is 6.42 Å². The first kappa shape index (κ1) is 10.6. The van der Waals surface area contributed by atoms with Crippen LogP contribution in [0.3, 0.4) is 0 Å². The third kappa shape index (κ3) is 1.88. The molecule has 1 aromatic carbocycles. The molecule has 82 valence electrons. The Kier molecular flexibility index (Phi) is 2.51. The van der Waals surface area contributed by atoms with Crippen molar-refractivity contribution in [3.05, 3.63) is 35.4 Å². The topological polar surface area (TPSA) is 20.2 Å². The van der Waals surface area contributed by atoms with Gasteiger partial charge in [-0.1, -0.05) is 25.5 Å². The average Bonchev–Trinajstić information content (AvgIpc) is 2.85. The van der Waals surface area contributed by atoms with E-state index in [1.54, 1.807) is 0 Å². The van der Waals surface area contributed by atoms with Gasteiger partial charge in [-0.2, -0.15) is 0 Å². The molecule has 1 aliphatic rings. The van der Waals surface area contributed by atoms with Gasteiger partial charge < -0.3 is 5.11 Å². The minimum atomic E-state index is -0.843. The van der Waals surface area contributed by atoms with Crippen LogP contribution in [0, 0.1) is 17.6 Å². The second-order valence-electron chi connectivity index (χ2n) is 4.30. The van der Waals surface area contributed by atoms with Gasteiger partial charge in [-0.05, 0) is 24.0 Å². The summed E-state index contributed by atoms with van der Waals surface area (Å²) < 4.78 is 26.2. The molecule has 1 nitrogen and oxygen atoms in total. The maximum absolute atomic E-state index is 13.3. The lowest BCUT2D eigenvalue weighted by Crippen LogP contribution is -2.16. The second-order valence-corrected chi connectivity index (χ2v) is 4.30. The maximum Gasteiger partial charge on any atom is 0.162 e. The van der Waals surface area contributed by atoms with Crippen molar-refractivity contribution in [2.75, 3.05) is 0 Å². The summed E-state index contributed by atoms with van der Waals surface area (Å²) in [5.41, 5.74) is -0.530. The van der Waals surface area contributed by atoms with Crippen LogP contribution in [0.5, 0.6) is 0 Å². The third-order valence-corrected chi connectivity index (χ3v) is 3.22. The summed E-state index contributed by atoms with van der Waals surface area (Å²) in [7, 11) is 0. The summed E-state index contributed by atoms with van der Waals surface area (Å²) >= 11 is 0. The summed E-state index contributed by atoms with van der Waals surface area (Å²) in [5, 5.41) is 9.97. The highest BCUT2D eigenvalue weighted by molar-refractivity contribution is 5.23. The molecule has 15 heavy (non-hydrogen) atoms. The SMILES string of the molecule is CCC1CC1(O)Cc1cccc(F)c1F. The lowest BCUT2D eigenvalue weighted by Gasteiger charge is -2.10. The van der Waals surface area contributed by atoms with E-state index in [1.165, 1.54) is 12.1 Å². The van der Waals surface area contributed by atoms with Crippen molar-refractivity contribution in [3.63, 3.8) is 0 Å². The molecule has 0 aliphatic heterocycles. The zero-order valence-corrected chi connectivity index (χ0v) is 8.63. The molecule has 0 spiro atoms. The number of hydrogen-bond acceptors (Lipinski definition) is 1. The molecule has 1 fully saturated rings. The third-order valence-electron chi connectivity index (χ3n) is 3.22. The number of halogens is 2. The molecule has 0 bridgehead atoms. The molecule has 1 saturated carbocycles. The minimum absolute atomic E-state index is 0.217. The van der Waals surface area contributed by atoms with Crippen molar-refractivity contribution >= 4 is 0 Å². The van der Waals surface area contributed by atoms with Crippen LogP contribution < -0.4 is 0 Å². The molecule has 3 heteroatoms. The first-order valence-electron chi connectivity index (χ1n) is 5.22. The van der Waals surface area contributed by atoms with Crippen LogP contribution >= 0.6 is 0 Å². The van der Waals surface area contributed by atoms with Crippen molar-refractivity contribution < 1.29 is 13.9 Å². The van der Waals surface area contributed by atoms with Gasteiger partial charge in [-0.3, -0.25) is 0 Å². The van der Waals surface area contributed by atoms with Gasteiger partial charge in [0.25, 0.3) is 0 Å². The van der Waals surface area contributed by atoms with Crippen molar-refractivity contribution in [1.82, 2.24) is 0 Å². The summed E-state index contributed by atoms with van der Waals surface area (Å²) in [6.07, 6.45) is 1.79. The Hall–Kier alpha value is -0.960. The van der Waals surface area contributed by atoms with Gasteiger partial charge in [0.1, 0.15) is 0 Å². The summed E-state index contributed by atoms with van der Waals surface area (Å²) in [6, 6.07) is 4.09. The Labute approximate surface area is 87.7 Å². The molecule has 2 unspecified atom stereocenters. The zero-order chi connectivity index (χ0) is 11.1. The van der Waals surface area contributed by atoms with Gasteiger partial charge in [-0.15, -0.1) is 0 Å². The van der Waals surface area contributed by atoms with Gasteiger partial charge >= 0.3 is 0 Å². The van der Waals surface area contributed by atoms with E-state index in [9.17, 15) is 13.9 Å². The van der Waals surface area contributed by atoms with E-state index < -0.39 is 17.2 Å². The van der Waals surface area contributed by atoms with E-state index in [2.05, 4.69) is 0 Å². The highest BCUT2D eigenvalue weighted by Crippen LogP contribution is 2.48. The van der Waals surface area contributed by atoms with Crippen molar-refractivity contribution in [3.8, 4) is 0 Å². The molecule has 0 radical (unpaired) electrons. The quantitative estimate of drug-likeness (QED) is 0.816. The Bertz CT molecular complexity index is 378. The summed E-state index contributed by atoms with van der Waals surface area (Å²) in [6.45, 7) is 1.99. The Morgan fingerprint density at radius 2 is 2.20 bits per heavy atom. The van der Waals surface area contributed by atoms with Crippen LogP contribution in [0.15, 0.2) is 18.2 Å². The normalized spacial score (nSPS) is 29.2. The van der Waals surface area contributed by atoms with Gasteiger partial charge in [0.15, 0.2) is 11.6 Å². The first-order valence-corrected chi connectivity index (χ1v) is 5.22. The molecule has 0 heterocycles. The zero-order valence-electron chi connectivity index (χ0n) is 8.63. The summed E-state index contributed by atoms with van der Waals surface area (Å²) in [4.78, 5) is 0. The van der Waals surface area contributed by atoms with Crippen molar-refractivity contribution in [1.29, 1.82) is 0 Å². The molecule has 0 aromatic heterocycles. The lowest BCUT2D eigenvalue weighted by atomic mass is 10.0. The molecule has 1 N–H and O–H groups in total. The molecular weight excluding hydrogens is 198 g/mol. The van der Waals surface area contributed by atoms with Crippen LogP contribution in [0.25, 0.3) is 0 Å². The van der Waals surface area contributed by atoms with Crippen LogP contribution in [-0.2, 0) is 6.42 Å². The minimum Gasteiger partial charge on any atom is -0.389 e. The van der Waals surface area contributed by atoms with E-state index in [0.29, 0.717) is 6.42 Å². The average molecular weight is 212 g/mol. The first-order chi connectivity index (χ1) is 7.07. The predicted molar refractivity (Wildman–Crippen MR) is 53.4 cm³/mol. The molecule has 0 saturated heterocycles. The molecule has 0 amide bonds. The fraction of sp³-hybridized carbons (Fsp3) is 0.500. The standard InChI is InChI=1S/C12H14F2O/c1-2-9-7-12(9,15)6-8-4-3-5-10(13)11(8)14/h3-5,9,15H,2,6-7H2,1H3. The monoisotopic (exact) mass is 212 g/mol. The summed E-state index contributed by atoms with van der Waals surface area (Å²) in [5.74, 6) is -1.43. The van der Waals surface area contributed by atoms with Crippen LogP contribution in [0.4, 0.5) is 8.78 Å². The highest BCUT2D eigenvalue weighted by Gasteiger charge is 2.51. The number of aliphatic hydroxyl groups is 1. The predicted octanol–water partition coefficient (Wildman–Crippen LogP) is 2.67. The number of rotatable bonds is 3.